The Hall–Kier alpha value is -3.48. The first-order valence-electron chi connectivity index (χ1n) is 8.16. The number of fused-ring (bicyclic) bond motifs is 1. The van der Waals surface area contributed by atoms with Crippen LogP contribution in [-0.4, -0.2) is 44.7 Å². The van der Waals surface area contributed by atoms with Crippen molar-refractivity contribution in [1.29, 1.82) is 0 Å². The Bertz CT molecular complexity index is 991. The molecule has 0 atom stereocenters. The predicted molar refractivity (Wildman–Crippen MR) is 99.0 cm³/mol. The number of Topliss-reactive ketones (excluding diaryl/α,β-unsaturated/α-hetero) is 1. The number of methoxy groups -OCH3 is 3. The smallest absolute Gasteiger partial charge is 0.342 e. The van der Waals surface area contributed by atoms with Gasteiger partial charge < -0.3 is 23.9 Å². The summed E-state index contributed by atoms with van der Waals surface area (Å²) in [5, 5.41) is 0.780. The van der Waals surface area contributed by atoms with Crippen LogP contribution in [0.25, 0.3) is 10.9 Å². The summed E-state index contributed by atoms with van der Waals surface area (Å²) in [7, 11) is 4.33. The van der Waals surface area contributed by atoms with Crippen molar-refractivity contribution in [3.63, 3.8) is 0 Å². The van der Waals surface area contributed by atoms with Crippen LogP contribution in [0.3, 0.4) is 0 Å². The van der Waals surface area contributed by atoms with Crippen molar-refractivity contribution in [2.75, 3.05) is 27.9 Å². The summed E-state index contributed by atoms with van der Waals surface area (Å²) < 4.78 is 20.9. The molecule has 1 N–H and O–H groups in total. The van der Waals surface area contributed by atoms with Gasteiger partial charge in [0.2, 0.25) is 11.5 Å². The number of benzene rings is 2. The Kier molecular flexibility index (Phi) is 5.30. The molecule has 0 saturated heterocycles. The molecular formula is C20H19NO6. The summed E-state index contributed by atoms with van der Waals surface area (Å²) in [5.41, 5.74) is 1.45. The van der Waals surface area contributed by atoms with Crippen LogP contribution in [0.15, 0.2) is 42.6 Å². The zero-order chi connectivity index (χ0) is 19.4. The number of hydrogen-bond acceptors (Lipinski definition) is 6. The first-order valence-corrected chi connectivity index (χ1v) is 8.16. The zero-order valence-electron chi connectivity index (χ0n) is 15.2. The molecule has 0 saturated carbocycles. The molecule has 0 aliphatic heterocycles. The van der Waals surface area contributed by atoms with Crippen molar-refractivity contribution in [3.05, 3.63) is 53.7 Å². The van der Waals surface area contributed by atoms with Crippen molar-refractivity contribution >= 4 is 22.7 Å². The largest absolute Gasteiger partial charge is 0.493 e. The number of nitrogens with one attached hydrogen (secondary N) is 1. The van der Waals surface area contributed by atoms with E-state index in [1.54, 1.807) is 12.3 Å². The van der Waals surface area contributed by atoms with Gasteiger partial charge in [0.15, 0.2) is 18.1 Å². The second kappa shape index (κ2) is 7.82. The number of ether oxygens (including phenoxy) is 4. The van der Waals surface area contributed by atoms with Gasteiger partial charge in [-0.3, -0.25) is 4.79 Å². The lowest BCUT2D eigenvalue weighted by molar-refractivity contribution is 0.0471. The third-order valence-corrected chi connectivity index (χ3v) is 4.15. The Morgan fingerprint density at radius 2 is 1.63 bits per heavy atom. The van der Waals surface area contributed by atoms with E-state index in [1.807, 2.05) is 24.3 Å². The molecule has 0 amide bonds. The van der Waals surface area contributed by atoms with Crippen LogP contribution < -0.4 is 14.2 Å². The second-order valence-corrected chi connectivity index (χ2v) is 5.63. The molecule has 0 spiro atoms. The van der Waals surface area contributed by atoms with Crippen LogP contribution in [0.4, 0.5) is 0 Å². The lowest BCUT2D eigenvalue weighted by Crippen LogP contribution is -2.15. The average Bonchev–Trinajstić information content (AvgIpc) is 3.14. The van der Waals surface area contributed by atoms with Crippen molar-refractivity contribution in [1.82, 2.24) is 4.98 Å². The third-order valence-electron chi connectivity index (χ3n) is 4.15. The molecule has 0 fully saturated rings. The molecule has 1 aromatic heterocycles. The molecule has 0 aliphatic rings. The van der Waals surface area contributed by atoms with Crippen LogP contribution in [0.2, 0.25) is 0 Å². The Morgan fingerprint density at radius 1 is 0.889 bits per heavy atom. The number of para-hydroxylation sites is 1. The molecule has 2 aromatic carbocycles. The number of rotatable bonds is 7. The molecule has 0 radical (unpaired) electrons. The van der Waals surface area contributed by atoms with Gasteiger partial charge in [-0.2, -0.15) is 0 Å². The number of ketones is 1. The van der Waals surface area contributed by atoms with Gasteiger partial charge in [-0.15, -0.1) is 0 Å². The quantitative estimate of drug-likeness (QED) is 0.508. The fraction of sp³-hybridized carbons (Fsp3) is 0.200. The Balaban J connectivity index is 1.79. The van der Waals surface area contributed by atoms with E-state index < -0.39 is 12.6 Å². The van der Waals surface area contributed by atoms with E-state index in [9.17, 15) is 9.59 Å². The lowest BCUT2D eigenvalue weighted by atomic mass is 10.1. The number of aromatic amines is 1. The predicted octanol–water partition coefficient (Wildman–Crippen LogP) is 3.23. The number of esters is 1. The van der Waals surface area contributed by atoms with Gasteiger partial charge in [-0.05, 0) is 18.2 Å². The highest BCUT2D eigenvalue weighted by Gasteiger charge is 2.23. The molecule has 140 valence electrons. The van der Waals surface area contributed by atoms with Crippen LogP contribution in [0, 0.1) is 0 Å². The molecule has 7 nitrogen and oxygen atoms in total. The van der Waals surface area contributed by atoms with E-state index in [0.717, 1.165) is 10.9 Å². The summed E-state index contributed by atoms with van der Waals surface area (Å²) in [5.74, 6) is -0.124. The molecule has 1 heterocycles. The van der Waals surface area contributed by atoms with Crippen molar-refractivity contribution < 1.29 is 28.5 Å². The molecule has 0 bridgehead atoms. The highest BCUT2D eigenvalue weighted by Crippen LogP contribution is 2.39. The summed E-state index contributed by atoms with van der Waals surface area (Å²) in [6.45, 7) is -0.391. The van der Waals surface area contributed by atoms with Crippen LogP contribution in [0.1, 0.15) is 20.7 Å². The maximum Gasteiger partial charge on any atom is 0.342 e. The van der Waals surface area contributed by atoms with Crippen LogP contribution in [-0.2, 0) is 4.74 Å². The maximum absolute atomic E-state index is 12.5. The van der Waals surface area contributed by atoms with Crippen LogP contribution in [0.5, 0.6) is 17.2 Å². The lowest BCUT2D eigenvalue weighted by Gasteiger charge is -2.15. The molecule has 0 unspecified atom stereocenters. The first-order chi connectivity index (χ1) is 13.1. The van der Waals surface area contributed by atoms with Crippen molar-refractivity contribution in [3.8, 4) is 17.2 Å². The van der Waals surface area contributed by atoms with Gasteiger partial charge in [0.1, 0.15) is 5.56 Å². The normalized spacial score (nSPS) is 10.5. The first kappa shape index (κ1) is 18.3. The second-order valence-electron chi connectivity index (χ2n) is 5.63. The minimum Gasteiger partial charge on any atom is -0.493 e. The fourth-order valence-electron chi connectivity index (χ4n) is 2.85. The van der Waals surface area contributed by atoms with Crippen molar-refractivity contribution in [2.45, 2.75) is 0 Å². The number of carbonyl (C=O) groups excluding carboxylic acids is 2. The van der Waals surface area contributed by atoms with E-state index >= 15 is 0 Å². The molecule has 27 heavy (non-hydrogen) atoms. The molecule has 3 rings (SSSR count). The van der Waals surface area contributed by atoms with Crippen molar-refractivity contribution in [2.24, 2.45) is 0 Å². The summed E-state index contributed by atoms with van der Waals surface area (Å²) in [6, 6.07) is 10.5. The van der Waals surface area contributed by atoms with Gasteiger partial charge in [-0.1, -0.05) is 18.2 Å². The van der Waals surface area contributed by atoms with E-state index in [1.165, 1.54) is 27.4 Å². The highest BCUT2D eigenvalue weighted by molar-refractivity contribution is 6.09. The fourth-order valence-corrected chi connectivity index (χ4v) is 2.85. The molecule has 3 aromatic rings. The van der Waals surface area contributed by atoms with Gasteiger partial charge in [0.25, 0.3) is 0 Å². The highest BCUT2D eigenvalue weighted by atomic mass is 16.5. The third kappa shape index (κ3) is 3.44. The summed E-state index contributed by atoms with van der Waals surface area (Å²) in [4.78, 5) is 28.0. The van der Waals surface area contributed by atoms with E-state index in [0.29, 0.717) is 11.3 Å². The van der Waals surface area contributed by atoms with Crippen LogP contribution >= 0.6 is 0 Å². The minimum absolute atomic E-state index is 0.141. The Labute approximate surface area is 155 Å². The SMILES string of the molecule is COc1ccc(C(=O)OCC(=O)c2c[nH]c3ccccc23)c(OC)c1OC. The zero-order valence-corrected chi connectivity index (χ0v) is 15.2. The summed E-state index contributed by atoms with van der Waals surface area (Å²) >= 11 is 0. The van der Waals surface area contributed by atoms with Gasteiger partial charge in [-0.25, -0.2) is 4.79 Å². The van der Waals surface area contributed by atoms with Gasteiger partial charge in [0.05, 0.1) is 21.3 Å². The molecule has 7 heteroatoms. The Morgan fingerprint density at radius 3 is 2.33 bits per heavy atom. The number of H-pyrrole nitrogens is 1. The minimum atomic E-state index is -0.694. The number of aromatic nitrogens is 1. The standard InChI is InChI=1S/C20H19NO6/c1-24-17-9-8-13(18(25-2)19(17)26-3)20(23)27-11-16(22)14-10-21-15-7-5-4-6-12(14)15/h4-10,21H,11H2,1-3H3. The van der Waals surface area contributed by atoms with E-state index in [2.05, 4.69) is 4.98 Å². The van der Waals surface area contributed by atoms with E-state index in [4.69, 9.17) is 18.9 Å². The molecule has 0 aliphatic carbocycles. The topological polar surface area (TPSA) is 86.9 Å². The average molecular weight is 369 g/mol. The number of carbonyl (C=O) groups is 2. The number of hydrogen-bond donors (Lipinski definition) is 1. The van der Waals surface area contributed by atoms with Gasteiger partial charge >= 0.3 is 5.97 Å². The molecular weight excluding hydrogens is 350 g/mol. The van der Waals surface area contributed by atoms with E-state index in [-0.39, 0.29) is 22.8 Å². The monoisotopic (exact) mass is 369 g/mol. The van der Waals surface area contributed by atoms with Gasteiger partial charge in [0, 0.05) is 22.7 Å². The maximum atomic E-state index is 12.5. The summed E-state index contributed by atoms with van der Waals surface area (Å²) in [6.07, 6.45) is 1.61.